The first kappa shape index (κ1) is 26.8. The van der Waals surface area contributed by atoms with Gasteiger partial charge in [-0.1, -0.05) is 54.9 Å². The average molecular weight is 385 g/mol. The van der Waals surface area contributed by atoms with E-state index in [0.29, 0.717) is 12.1 Å². The van der Waals surface area contributed by atoms with E-state index in [1.165, 1.54) is 64.8 Å². The molecular weight excluding hydrogens is 332 g/mol. The monoisotopic (exact) mass is 384 g/mol. The minimum Gasteiger partial charge on any atom is -0.313 e. The Morgan fingerprint density at radius 3 is 2.04 bits per heavy atom. The van der Waals surface area contributed by atoms with E-state index in [1.807, 2.05) is 13.8 Å². The van der Waals surface area contributed by atoms with Crippen LogP contribution in [0.5, 0.6) is 0 Å². The Labute approximate surface area is 171 Å². The molecule has 0 radical (unpaired) electrons. The van der Waals surface area contributed by atoms with Crippen molar-refractivity contribution in [3.05, 3.63) is 0 Å². The third-order valence-electron chi connectivity index (χ3n) is 5.56. The molecule has 4 heteroatoms. The van der Waals surface area contributed by atoms with Crippen molar-refractivity contribution in [3.63, 3.8) is 0 Å². The molecule has 2 aliphatic rings. The van der Waals surface area contributed by atoms with Crippen LogP contribution in [0.4, 0.5) is 0 Å². The standard InChI is InChI=1S/C11H24N2.C10H22N2.C2H6/c1-10(2)12-7-9-13-8-5-4-6-11(13)3;1-4-12-7-5-6-10(12)8-11-9(2)3;1-2/h10-12H,4-9H2,1-3H3;9-11H,4-8H2,1-3H3;1-2H3. The van der Waals surface area contributed by atoms with Gasteiger partial charge in [-0.15, -0.1) is 0 Å². The van der Waals surface area contributed by atoms with E-state index in [-0.39, 0.29) is 0 Å². The van der Waals surface area contributed by atoms with Crippen molar-refractivity contribution in [2.45, 2.75) is 112 Å². The molecule has 0 amide bonds. The van der Waals surface area contributed by atoms with Gasteiger partial charge in [-0.05, 0) is 52.2 Å². The number of piperidine rings is 1. The third kappa shape index (κ3) is 12.8. The molecule has 27 heavy (non-hydrogen) atoms. The smallest absolute Gasteiger partial charge is 0.0221 e. The highest BCUT2D eigenvalue weighted by Crippen LogP contribution is 2.16. The van der Waals surface area contributed by atoms with Crippen LogP contribution in [-0.4, -0.2) is 73.2 Å². The van der Waals surface area contributed by atoms with Crippen molar-refractivity contribution in [1.29, 1.82) is 0 Å². The summed E-state index contributed by atoms with van der Waals surface area (Å²) in [6, 6.07) is 2.87. The molecule has 2 heterocycles. The molecule has 0 aromatic carbocycles. The van der Waals surface area contributed by atoms with Crippen molar-refractivity contribution in [3.8, 4) is 0 Å². The summed E-state index contributed by atoms with van der Waals surface area (Å²) in [5.41, 5.74) is 0. The summed E-state index contributed by atoms with van der Waals surface area (Å²) in [7, 11) is 0. The molecule has 0 bridgehead atoms. The molecule has 2 aliphatic heterocycles. The van der Waals surface area contributed by atoms with Gasteiger partial charge in [0.2, 0.25) is 0 Å². The molecule has 0 spiro atoms. The van der Waals surface area contributed by atoms with Crippen LogP contribution in [0.15, 0.2) is 0 Å². The second kappa shape index (κ2) is 16.8. The fourth-order valence-electron chi connectivity index (χ4n) is 3.90. The first-order chi connectivity index (χ1) is 12.9. The molecule has 0 saturated carbocycles. The summed E-state index contributed by atoms with van der Waals surface area (Å²) in [6.45, 7) is 24.8. The second-order valence-corrected chi connectivity index (χ2v) is 8.48. The van der Waals surface area contributed by atoms with E-state index in [0.717, 1.165) is 18.6 Å². The predicted molar refractivity (Wildman–Crippen MR) is 123 cm³/mol. The van der Waals surface area contributed by atoms with Crippen LogP contribution in [0.3, 0.4) is 0 Å². The van der Waals surface area contributed by atoms with Gasteiger partial charge in [0.25, 0.3) is 0 Å². The first-order valence-corrected chi connectivity index (χ1v) is 11.9. The molecule has 0 aromatic heterocycles. The zero-order valence-electron chi connectivity index (χ0n) is 20.0. The van der Waals surface area contributed by atoms with Gasteiger partial charge in [0, 0.05) is 43.8 Å². The number of likely N-dealkylation sites (N-methyl/N-ethyl adjacent to an activating group) is 1. The molecule has 2 atom stereocenters. The van der Waals surface area contributed by atoms with Gasteiger partial charge >= 0.3 is 0 Å². The Bertz CT molecular complexity index is 320. The van der Waals surface area contributed by atoms with Crippen molar-refractivity contribution in [2.24, 2.45) is 0 Å². The molecule has 2 saturated heterocycles. The highest BCUT2D eigenvalue weighted by Gasteiger charge is 2.22. The lowest BCUT2D eigenvalue weighted by Crippen LogP contribution is -2.42. The summed E-state index contributed by atoms with van der Waals surface area (Å²) in [4.78, 5) is 5.19. The van der Waals surface area contributed by atoms with Gasteiger partial charge in [0.15, 0.2) is 0 Å². The summed E-state index contributed by atoms with van der Waals surface area (Å²) in [6.07, 6.45) is 6.98. The number of hydrogen-bond acceptors (Lipinski definition) is 4. The zero-order valence-corrected chi connectivity index (χ0v) is 20.0. The van der Waals surface area contributed by atoms with E-state index in [4.69, 9.17) is 0 Å². The summed E-state index contributed by atoms with van der Waals surface area (Å²) in [5, 5.41) is 6.98. The summed E-state index contributed by atoms with van der Waals surface area (Å²) >= 11 is 0. The van der Waals surface area contributed by atoms with Gasteiger partial charge in [0.05, 0.1) is 0 Å². The van der Waals surface area contributed by atoms with Crippen LogP contribution in [0, 0.1) is 0 Å². The molecule has 164 valence electrons. The third-order valence-corrected chi connectivity index (χ3v) is 5.56. The Morgan fingerprint density at radius 1 is 0.852 bits per heavy atom. The van der Waals surface area contributed by atoms with Crippen molar-refractivity contribution in [2.75, 3.05) is 39.3 Å². The maximum atomic E-state index is 3.51. The fraction of sp³-hybridized carbons (Fsp3) is 1.00. The van der Waals surface area contributed by atoms with Crippen LogP contribution >= 0.6 is 0 Å². The topological polar surface area (TPSA) is 30.5 Å². The lowest BCUT2D eigenvalue weighted by molar-refractivity contribution is 0.160. The lowest BCUT2D eigenvalue weighted by Gasteiger charge is -2.33. The minimum atomic E-state index is 0.625. The van der Waals surface area contributed by atoms with E-state index in [1.54, 1.807) is 0 Å². The van der Waals surface area contributed by atoms with Crippen molar-refractivity contribution in [1.82, 2.24) is 20.4 Å². The Hall–Kier alpha value is -0.160. The number of rotatable bonds is 8. The zero-order chi connectivity index (χ0) is 20.7. The van der Waals surface area contributed by atoms with Gasteiger partial charge < -0.3 is 10.6 Å². The molecule has 2 rings (SSSR count). The fourth-order valence-corrected chi connectivity index (χ4v) is 3.90. The number of hydrogen-bond donors (Lipinski definition) is 2. The van der Waals surface area contributed by atoms with Crippen LogP contribution in [0.1, 0.15) is 87.5 Å². The quantitative estimate of drug-likeness (QED) is 0.651. The van der Waals surface area contributed by atoms with Crippen molar-refractivity contribution >= 4 is 0 Å². The molecule has 0 aliphatic carbocycles. The van der Waals surface area contributed by atoms with E-state index in [9.17, 15) is 0 Å². The average Bonchev–Trinajstić information content (AvgIpc) is 3.11. The maximum absolute atomic E-state index is 3.51. The van der Waals surface area contributed by atoms with Crippen LogP contribution in [0.2, 0.25) is 0 Å². The molecular formula is C23H52N4. The van der Waals surface area contributed by atoms with Gasteiger partial charge in [-0.3, -0.25) is 9.80 Å². The predicted octanol–water partition coefficient (Wildman–Crippen LogP) is 4.35. The Balaban J connectivity index is 0.000000460. The summed E-state index contributed by atoms with van der Waals surface area (Å²) in [5.74, 6) is 0. The van der Waals surface area contributed by atoms with E-state index < -0.39 is 0 Å². The lowest BCUT2D eigenvalue weighted by atomic mass is 10.0. The highest BCUT2D eigenvalue weighted by molar-refractivity contribution is 4.80. The van der Waals surface area contributed by atoms with E-state index >= 15 is 0 Å². The van der Waals surface area contributed by atoms with Gasteiger partial charge in [-0.25, -0.2) is 0 Å². The second-order valence-electron chi connectivity index (χ2n) is 8.48. The molecule has 2 unspecified atom stereocenters. The molecule has 4 nitrogen and oxygen atoms in total. The number of nitrogens with zero attached hydrogens (tertiary/aromatic N) is 2. The number of nitrogens with one attached hydrogen (secondary N) is 2. The molecule has 0 aromatic rings. The van der Waals surface area contributed by atoms with Crippen LogP contribution in [0.25, 0.3) is 0 Å². The normalized spacial score (nSPS) is 23.8. The molecule has 2 N–H and O–H groups in total. The first-order valence-electron chi connectivity index (χ1n) is 11.9. The van der Waals surface area contributed by atoms with Crippen LogP contribution in [-0.2, 0) is 0 Å². The number of likely N-dealkylation sites (tertiary alicyclic amines) is 2. The Morgan fingerprint density at radius 2 is 1.48 bits per heavy atom. The largest absolute Gasteiger partial charge is 0.313 e. The van der Waals surface area contributed by atoms with Crippen LogP contribution < -0.4 is 10.6 Å². The van der Waals surface area contributed by atoms with Gasteiger partial charge in [-0.2, -0.15) is 0 Å². The van der Waals surface area contributed by atoms with Crippen molar-refractivity contribution < 1.29 is 0 Å². The molecule has 2 fully saturated rings. The van der Waals surface area contributed by atoms with E-state index in [2.05, 4.69) is 62.0 Å². The summed E-state index contributed by atoms with van der Waals surface area (Å²) < 4.78 is 0. The SMILES string of the molecule is CC.CC(C)NCCN1CCCCC1C.CCN1CCCC1CNC(C)C. The Kier molecular flexibility index (Phi) is 16.7. The van der Waals surface area contributed by atoms with Gasteiger partial charge in [0.1, 0.15) is 0 Å². The highest BCUT2D eigenvalue weighted by atomic mass is 15.2. The minimum absolute atomic E-state index is 0.625. The maximum Gasteiger partial charge on any atom is 0.0221 e.